The van der Waals surface area contributed by atoms with Crippen LogP contribution in [0.15, 0.2) is 23.7 Å². The molecule has 0 fully saturated rings. The number of amides is 2. The molecule has 116 valence electrons. The summed E-state index contributed by atoms with van der Waals surface area (Å²) in [5, 5.41) is 13.0. The maximum atomic E-state index is 13.3. The van der Waals surface area contributed by atoms with Crippen molar-refractivity contribution in [1.29, 1.82) is 0 Å². The summed E-state index contributed by atoms with van der Waals surface area (Å²) in [5.74, 6) is -2.05. The minimum atomic E-state index is -1.20. The molecule has 0 atom stereocenters. The molecule has 0 saturated heterocycles. The molecule has 0 aliphatic carbocycles. The molecular weight excluding hydrogens is 316 g/mol. The lowest BCUT2D eigenvalue weighted by atomic mass is 10.1. The predicted octanol–water partition coefficient (Wildman–Crippen LogP) is 2.09. The van der Waals surface area contributed by atoms with Gasteiger partial charge in [-0.05, 0) is 17.7 Å². The molecule has 22 heavy (non-hydrogen) atoms. The number of hydrogen-bond acceptors (Lipinski definition) is 4. The van der Waals surface area contributed by atoms with Gasteiger partial charge >= 0.3 is 6.09 Å². The van der Waals surface area contributed by atoms with Crippen LogP contribution in [0.3, 0.4) is 0 Å². The van der Waals surface area contributed by atoms with Crippen LogP contribution in [0.4, 0.5) is 13.6 Å². The molecule has 0 aliphatic heterocycles. The standard InChI is InChI=1S/C13H11F2N3O3S/c14-8-3-7(4-9(15)5-8)11-10(18-6-22-11)12(19)16-1-2-17-13(20)21/h3-6,17H,1-2H2,(H,16,19)(H,20,21). The van der Waals surface area contributed by atoms with Crippen LogP contribution < -0.4 is 10.6 Å². The fourth-order valence-corrected chi connectivity index (χ4v) is 2.50. The maximum Gasteiger partial charge on any atom is 0.404 e. The van der Waals surface area contributed by atoms with E-state index in [9.17, 15) is 18.4 Å². The monoisotopic (exact) mass is 327 g/mol. The van der Waals surface area contributed by atoms with E-state index in [0.29, 0.717) is 4.88 Å². The zero-order chi connectivity index (χ0) is 16.1. The van der Waals surface area contributed by atoms with Crippen molar-refractivity contribution >= 4 is 23.3 Å². The van der Waals surface area contributed by atoms with E-state index in [1.54, 1.807) is 0 Å². The maximum absolute atomic E-state index is 13.3. The summed E-state index contributed by atoms with van der Waals surface area (Å²) >= 11 is 1.08. The first kappa shape index (κ1) is 15.8. The van der Waals surface area contributed by atoms with Crippen molar-refractivity contribution in [3.05, 3.63) is 41.0 Å². The minimum absolute atomic E-state index is 0.0327. The van der Waals surface area contributed by atoms with Crippen molar-refractivity contribution in [3.63, 3.8) is 0 Å². The molecule has 6 nitrogen and oxygen atoms in total. The lowest BCUT2D eigenvalue weighted by Crippen LogP contribution is -2.34. The normalized spacial score (nSPS) is 10.3. The number of carbonyl (C=O) groups excluding carboxylic acids is 1. The van der Waals surface area contributed by atoms with Crippen LogP contribution in [0.5, 0.6) is 0 Å². The van der Waals surface area contributed by atoms with Crippen molar-refractivity contribution in [2.75, 3.05) is 13.1 Å². The zero-order valence-electron chi connectivity index (χ0n) is 11.1. The number of benzene rings is 1. The number of carbonyl (C=O) groups is 2. The Labute approximate surface area is 127 Å². The Kier molecular flexibility index (Phi) is 4.99. The molecule has 1 aromatic carbocycles. The topological polar surface area (TPSA) is 91.3 Å². The van der Waals surface area contributed by atoms with Crippen LogP contribution in [-0.2, 0) is 0 Å². The number of rotatable bonds is 5. The Morgan fingerprint density at radius 3 is 2.41 bits per heavy atom. The van der Waals surface area contributed by atoms with Gasteiger partial charge in [0.15, 0.2) is 0 Å². The summed E-state index contributed by atoms with van der Waals surface area (Å²) in [4.78, 5) is 26.5. The van der Waals surface area contributed by atoms with Gasteiger partial charge in [-0.3, -0.25) is 4.79 Å². The van der Waals surface area contributed by atoms with Crippen LogP contribution in [0.2, 0.25) is 0 Å². The molecule has 2 rings (SSSR count). The summed E-state index contributed by atoms with van der Waals surface area (Å²) < 4.78 is 26.5. The summed E-state index contributed by atoms with van der Waals surface area (Å²) in [6, 6.07) is 2.96. The van der Waals surface area contributed by atoms with Gasteiger partial charge in [-0.25, -0.2) is 18.6 Å². The van der Waals surface area contributed by atoms with Crippen molar-refractivity contribution in [3.8, 4) is 10.4 Å². The van der Waals surface area contributed by atoms with Gasteiger partial charge in [0.2, 0.25) is 0 Å². The number of nitrogens with zero attached hydrogens (tertiary/aromatic N) is 1. The van der Waals surface area contributed by atoms with Gasteiger partial charge in [-0.15, -0.1) is 11.3 Å². The molecule has 0 unspecified atom stereocenters. The van der Waals surface area contributed by atoms with Gasteiger partial charge in [0, 0.05) is 19.2 Å². The summed E-state index contributed by atoms with van der Waals surface area (Å²) in [7, 11) is 0. The van der Waals surface area contributed by atoms with Crippen LogP contribution in [0, 0.1) is 11.6 Å². The van der Waals surface area contributed by atoms with Gasteiger partial charge in [0.1, 0.15) is 17.3 Å². The summed E-state index contributed by atoms with van der Waals surface area (Å²) in [6.07, 6.45) is -1.20. The third kappa shape index (κ3) is 3.98. The number of halogens is 2. The highest BCUT2D eigenvalue weighted by atomic mass is 32.1. The lowest BCUT2D eigenvalue weighted by molar-refractivity contribution is 0.0949. The summed E-state index contributed by atoms with van der Waals surface area (Å²) in [6.45, 7) is 0.106. The average molecular weight is 327 g/mol. The highest BCUT2D eigenvalue weighted by Crippen LogP contribution is 2.28. The molecule has 0 spiro atoms. The fourth-order valence-electron chi connectivity index (χ4n) is 1.73. The largest absolute Gasteiger partial charge is 0.465 e. The molecule has 9 heteroatoms. The number of aromatic nitrogens is 1. The van der Waals surface area contributed by atoms with Crippen LogP contribution in [0.1, 0.15) is 10.5 Å². The van der Waals surface area contributed by atoms with Gasteiger partial charge in [0.25, 0.3) is 5.91 Å². The minimum Gasteiger partial charge on any atom is -0.465 e. The van der Waals surface area contributed by atoms with E-state index in [4.69, 9.17) is 5.11 Å². The van der Waals surface area contributed by atoms with Crippen LogP contribution in [0.25, 0.3) is 10.4 Å². The van der Waals surface area contributed by atoms with E-state index in [2.05, 4.69) is 15.6 Å². The van der Waals surface area contributed by atoms with E-state index < -0.39 is 23.6 Å². The highest BCUT2D eigenvalue weighted by Gasteiger charge is 2.17. The Hall–Kier alpha value is -2.55. The molecule has 2 aromatic rings. The Balaban J connectivity index is 2.11. The molecule has 0 radical (unpaired) electrons. The van der Waals surface area contributed by atoms with E-state index in [1.165, 1.54) is 5.51 Å². The second-order valence-electron chi connectivity index (χ2n) is 4.18. The molecule has 1 aromatic heterocycles. The van der Waals surface area contributed by atoms with Crippen LogP contribution in [-0.4, -0.2) is 35.2 Å². The third-order valence-electron chi connectivity index (χ3n) is 2.59. The summed E-state index contributed by atoms with van der Waals surface area (Å²) in [5.41, 5.74) is 1.64. The Bertz CT molecular complexity index is 685. The zero-order valence-corrected chi connectivity index (χ0v) is 11.9. The van der Waals surface area contributed by atoms with Gasteiger partial charge < -0.3 is 15.7 Å². The van der Waals surface area contributed by atoms with E-state index >= 15 is 0 Å². The molecule has 0 saturated carbocycles. The molecular formula is C13H11F2N3O3S. The first-order valence-electron chi connectivity index (χ1n) is 6.12. The number of carboxylic acid groups (broad SMARTS) is 1. The van der Waals surface area contributed by atoms with Crippen molar-refractivity contribution in [2.24, 2.45) is 0 Å². The first-order valence-corrected chi connectivity index (χ1v) is 7.00. The van der Waals surface area contributed by atoms with E-state index in [0.717, 1.165) is 29.5 Å². The molecule has 3 N–H and O–H groups in total. The van der Waals surface area contributed by atoms with Gasteiger partial charge in [0.05, 0.1) is 10.4 Å². The molecule has 1 heterocycles. The lowest BCUT2D eigenvalue weighted by Gasteiger charge is -2.06. The fraction of sp³-hybridized carbons (Fsp3) is 0.154. The highest BCUT2D eigenvalue weighted by molar-refractivity contribution is 7.13. The van der Waals surface area contributed by atoms with E-state index in [1.807, 2.05) is 0 Å². The predicted molar refractivity (Wildman–Crippen MR) is 75.8 cm³/mol. The third-order valence-corrected chi connectivity index (χ3v) is 3.47. The smallest absolute Gasteiger partial charge is 0.404 e. The number of hydrogen-bond donors (Lipinski definition) is 3. The van der Waals surface area contributed by atoms with Crippen molar-refractivity contribution in [1.82, 2.24) is 15.6 Å². The molecule has 2 amide bonds. The second-order valence-corrected chi connectivity index (χ2v) is 5.03. The number of nitrogens with one attached hydrogen (secondary N) is 2. The quantitative estimate of drug-likeness (QED) is 0.733. The van der Waals surface area contributed by atoms with Crippen molar-refractivity contribution < 1.29 is 23.5 Å². The Morgan fingerprint density at radius 1 is 1.14 bits per heavy atom. The van der Waals surface area contributed by atoms with Crippen molar-refractivity contribution in [2.45, 2.75) is 0 Å². The van der Waals surface area contributed by atoms with E-state index in [-0.39, 0.29) is 24.3 Å². The van der Waals surface area contributed by atoms with Crippen LogP contribution >= 0.6 is 11.3 Å². The van der Waals surface area contributed by atoms with Gasteiger partial charge in [-0.2, -0.15) is 0 Å². The number of thiazole rings is 1. The molecule has 0 bridgehead atoms. The van der Waals surface area contributed by atoms with Gasteiger partial charge in [-0.1, -0.05) is 0 Å². The second kappa shape index (κ2) is 6.94. The first-order chi connectivity index (χ1) is 10.5. The average Bonchev–Trinajstić information content (AvgIpc) is 2.91. The SMILES string of the molecule is O=C(O)NCCNC(=O)c1ncsc1-c1cc(F)cc(F)c1. The molecule has 0 aliphatic rings. The Morgan fingerprint density at radius 2 is 1.77 bits per heavy atom.